The molecular formula is C21H28O14. The molecule has 0 aromatic heterocycles. The largest absolute Gasteiger partial charge is 0.478 e. The van der Waals surface area contributed by atoms with E-state index in [1.807, 2.05) is 0 Å². The van der Waals surface area contributed by atoms with E-state index in [0.717, 1.165) is 42.5 Å². The van der Waals surface area contributed by atoms with Crippen LogP contribution in [0.5, 0.6) is 0 Å². The van der Waals surface area contributed by atoms with Crippen LogP contribution in [0.2, 0.25) is 0 Å². The molecule has 0 aliphatic heterocycles. The summed E-state index contributed by atoms with van der Waals surface area (Å²) >= 11 is 0. The van der Waals surface area contributed by atoms with E-state index in [1.165, 1.54) is 0 Å². The molecule has 0 unspecified atom stereocenters. The zero-order chi connectivity index (χ0) is 30.0. The summed E-state index contributed by atoms with van der Waals surface area (Å²) in [5, 5.41) is 53.2. The lowest BCUT2D eigenvalue weighted by atomic mass is 10.7. The third kappa shape index (κ3) is 278. The number of carboxylic acids is 7. The van der Waals surface area contributed by atoms with Crippen LogP contribution in [-0.4, -0.2) is 77.5 Å². The van der Waals surface area contributed by atoms with Crippen molar-refractivity contribution in [3.8, 4) is 0 Å². The molecule has 0 heterocycles. The normalized spacial score (nSPS) is 6.40. The Hall–Kier alpha value is -5.53. The third-order valence-electron chi connectivity index (χ3n) is 1.22. The molecule has 0 amide bonds. The van der Waals surface area contributed by atoms with Crippen molar-refractivity contribution in [3.63, 3.8) is 0 Å². The maximum Gasteiger partial charge on any atom is 0.327 e. The fraction of sp³-hybridized carbons (Fsp3) is 0. The van der Waals surface area contributed by atoms with Crippen LogP contribution in [0.1, 0.15) is 0 Å². The Labute approximate surface area is 200 Å². The van der Waals surface area contributed by atoms with Gasteiger partial charge in [-0.1, -0.05) is 46.1 Å². The van der Waals surface area contributed by atoms with Crippen molar-refractivity contribution in [3.05, 3.63) is 88.6 Å². The molecule has 14 heteroatoms. The molecule has 35 heavy (non-hydrogen) atoms. The lowest BCUT2D eigenvalue weighted by Crippen LogP contribution is -1.82. The van der Waals surface area contributed by atoms with Gasteiger partial charge < -0.3 is 35.7 Å². The molecule has 0 aromatic rings. The van der Waals surface area contributed by atoms with E-state index in [4.69, 9.17) is 35.7 Å². The molecule has 0 rings (SSSR count). The van der Waals surface area contributed by atoms with Gasteiger partial charge in [-0.05, 0) is 0 Å². The maximum atomic E-state index is 9.25. The molecular weight excluding hydrogens is 476 g/mol. The van der Waals surface area contributed by atoms with Crippen molar-refractivity contribution in [1.29, 1.82) is 0 Å². The topological polar surface area (TPSA) is 261 Å². The lowest BCUT2D eigenvalue weighted by molar-refractivity contribution is -0.132. The summed E-state index contributed by atoms with van der Waals surface area (Å²) in [5.74, 6) is -6.87. The molecule has 196 valence electrons. The summed E-state index contributed by atoms with van der Waals surface area (Å²) in [5.41, 5.74) is 0. The molecule has 0 aliphatic rings. The average molecular weight is 504 g/mol. The van der Waals surface area contributed by atoms with Gasteiger partial charge in [-0.3, -0.25) is 0 Å². The second-order valence-electron chi connectivity index (χ2n) is 3.80. The standard InChI is InChI=1S/7C3H4O2/c7*1-2-3(4)5/h7*2H,1H2,(H,4,5). The van der Waals surface area contributed by atoms with Crippen LogP contribution in [0.25, 0.3) is 0 Å². The van der Waals surface area contributed by atoms with Crippen LogP contribution in [0, 0.1) is 0 Å². The predicted molar refractivity (Wildman–Crippen MR) is 125 cm³/mol. The smallest absolute Gasteiger partial charge is 0.327 e. The van der Waals surface area contributed by atoms with Crippen molar-refractivity contribution < 1.29 is 69.3 Å². The molecule has 14 nitrogen and oxygen atoms in total. The highest BCUT2D eigenvalue weighted by atomic mass is 16.4. The first-order valence-electron chi connectivity index (χ1n) is 7.87. The summed E-state index contributed by atoms with van der Waals surface area (Å²) in [6.45, 7) is 20.7. The zero-order valence-electron chi connectivity index (χ0n) is 18.5. The molecule has 0 aromatic carbocycles. The Morgan fingerprint density at radius 1 is 0.286 bits per heavy atom. The quantitative estimate of drug-likeness (QED) is 0.244. The molecule has 0 fully saturated rings. The monoisotopic (exact) mass is 504 g/mol. The van der Waals surface area contributed by atoms with Gasteiger partial charge in [-0.15, -0.1) is 0 Å². The van der Waals surface area contributed by atoms with Gasteiger partial charge in [0.1, 0.15) is 0 Å². The Morgan fingerprint density at radius 3 is 0.314 bits per heavy atom. The number of hydrogen-bond acceptors (Lipinski definition) is 7. The predicted octanol–water partition coefficient (Wildman–Crippen LogP) is 1.80. The van der Waals surface area contributed by atoms with Gasteiger partial charge >= 0.3 is 41.8 Å². The minimum Gasteiger partial charge on any atom is -0.478 e. The van der Waals surface area contributed by atoms with Crippen LogP contribution < -0.4 is 0 Å². The fourth-order valence-electron chi connectivity index (χ4n) is 0. The molecule has 7 N–H and O–H groups in total. The van der Waals surface area contributed by atoms with Crippen molar-refractivity contribution in [2.24, 2.45) is 0 Å². The number of hydrogen-bond donors (Lipinski definition) is 7. The first-order chi connectivity index (χ1) is 15.9. The van der Waals surface area contributed by atoms with Gasteiger partial charge in [0.2, 0.25) is 0 Å². The van der Waals surface area contributed by atoms with E-state index in [-0.39, 0.29) is 0 Å². The summed E-state index contributed by atoms with van der Waals surface area (Å²) < 4.78 is 0. The summed E-state index contributed by atoms with van der Waals surface area (Å²) in [6, 6.07) is 0. The molecule has 0 bridgehead atoms. The first-order valence-corrected chi connectivity index (χ1v) is 7.87. The molecule has 0 saturated heterocycles. The number of carboxylic acid groups (broad SMARTS) is 7. The molecule has 0 aliphatic carbocycles. The second kappa shape index (κ2) is 42.5. The van der Waals surface area contributed by atoms with E-state index in [2.05, 4.69) is 46.1 Å². The lowest BCUT2D eigenvalue weighted by Gasteiger charge is -1.64. The summed E-state index contributed by atoms with van der Waals surface area (Å²) in [7, 11) is 0. The number of rotatable bonds is 7. The highest BCUT2D eigenvalue weighted by molar-refractivity contribution is 5.80. The Morgan fingerprint density at radius 2 is 0.314 bits per heavy atom. The highest BCUT2D eigenvalue weighted by Crippen LogP contribution is 1.57. The Balaban J connectivity index is -0.0000000523. The van der Waals surface area contributed by atoms with E-state index < -0.39 is 41.8 Å². The summed E-state index contributed by atoms with van der Waals surface area (Å²) in [6.07, 6.45) is 5.83. The van der Waals surface area contributed by atoms with Gasteiger partial charge in [-0.25, -0.2) is 33.6 Å². The van der Waals surface area contributed by atoms with E-state index in [0.29, 0.717) is 0 Å². The Kier molecular flexibility index (Phi) is 57.5. The zero-order valence-corrected chi connectivity index (χ0v) is 18.5. The third-order valence-corrected chi connectivity index (χ3v) is 1.22. The van der Waals surface area contributed by atoms with E-state index in [9.17, 15) is 33.6 Å². The molecule has 0 radical (unpaired) electrons. The number of carbonyl (C=O) groups is 7. The van der Waals surface area contributed by atoms with Crippen LogP contribution in [0.15, 0.2) is 88.6 Å². The van der Waals surface area contributed by atoms with Gasteiger partial charge in [0, 0.05) is 42.5 Å². The molecule has 0 saturated carbocycles. The molecule has 0 spiro atoms. The average Bonchev–Trinajstić information content (AvgIpc) is 2.80. The van der Waals surface area contributed by atoms with Gasteiger partial charge in [0.05, 0.1) is 0 Å². The van der Waals surface area contributed by atoms with Crippen LogP contribution in [0.4, 0.5) is 0 Å². The van der Waals surface area contributed by atoms with E-state index >= 15 is 0 Å². The van der Waals surface area contributed by atoms with Gasteiger partial charge in [-0.2, -0.15) is 0 Å². The van der Waals surface area contributed by atoms with Gasteiger partial charge in [0.15, 0.2) is 0 Å². The number of aliphatic carboxylic acids is 7. The van der Waals surface area contributed by atoms with Gasteiger partial charge in [0.25, 0.3) is 0 Å². The van der Waals surface area contributed by atoms with Crippen molar-refractivity contribution >= 4 is 41.8 Å². The Bertz CT molecular complexity index is 568. The fourth-order valence-corrected chi connectivity index (χ4v) is 0. The van der Waals surface area contributed by atoms with Crippen molar-refractivity contribution in [1.82, 2.24) is 0 Å². The SMILES string of the molecule is C=CC(=O)O.C=CC(=O)O.C=CC(=O)O.C=CC(=O)O.C=CC(=O)O.C=CC(=O)O.C=CC(=O)O. The first kappa shape index (κ1) is 47.3. The maximum absolute atomic E-state index is 9.25. The van der Waals surface area contributed by atoms with Crippen molar-refractivity contribution in [2.45, 2.75) is 0 Å². The minimum atomic E-state index is -0.981. The minimum absolute atomic E-state index is 0.833. The van der Waals surface area contributed by atoms with Crippen LogP contribution >= 0.6 is 0 Å². The molecule has 0 atom stereocenters. The van der Waals surface area contributed by atoms with Crippen LogP contribution in [-0.2, 0) is 33.6 Å². The second-order valence-corrected chi connectivity index (χ2v) is 3.80. The van der Waals surface area contributed by atoms with Crippen molar-refractivity contribution in [2.75, 3.05) is 0 Å². The van der Waals surface area contributed by atoms with Crippen LogP contribution in [0.3, 0.4) is 0 Å². The summed E-state index contributed by atoms with van der Waals surface area (Å²) in [4.78, 5) is 64.8. The highest BCUT2D eigenvalue weighted by Gasteiger charge is 1.75. The van der Waals surface area contributed by atoms with E-state index in [1.54, 1.807) is 0 Å².